The van der Waals surface area contributed by atoms with Crippen molar-refractivity contribution in [1.82, 2.24) is 10.2 Å². The standard InChI is InChI=1S/C19H23N3.2ClH/c1-20-17-9-5-8-15-16(14-6-3-2-4-7-14)13-22-11-10-21-12-18(22)19(15)17;;/h2-9,16,18,20-21H,10-13H2,1H3;2*1H/t16-,18-;;/m0../s1. The van der Waals surface area contributed by atoms with Crippen LogP contribution in [0.25, 0.3) is 0 Å². The minimum absolute atomic E-state index is 0. The van der Waals surface area contributed by atoms with Crippen LogP contribution in [-0.4, -0.2) is 38.1 Å². The topological polar surface area (TPSA) is 27.3 Å². The van der Waals surface area contributed by atoms with Crippen LogP contribution in [0, 0.1) is 0 Å². The van der Waals surface area contributed by atoms with E-state index in [0.717, 1.165) is 26.2 Å². The largest absolute Gasteiger partial charge is 0.388 e. The van der Waals surface area contributed by atoms with Crippen molar-refractivity contribution in [2.75, 3.05) is 38.5 Å². The lowest BCUT2D eigenvalue weighted by molar-refractivity contribution is 0.144. The SMILES string of the molecule is CNc1cccc2c1[C@@H]1CNCCN1C[C@H]2c1ccccc1.Cl.Cl. The second-order valence-electron chi connectivity index (χ2n) is 6.24. The Morgan fingerprint density at radius 3 is 2.58 bits per heavy atom. The lowest BCUT2D eigenvalue weighted by Gasteiger charge is -2.45. The molecule has 3 nitrogen and oxygen atoms in total. The molecular weight excluding hydrogens is 341 g/mol. The van der Waals surface area contributed by atoms with Crippen molar-refractivity contribution in [1.29, 1.82) is 0 Å². The van der Waals surface area contributed by atoms with Crippen molar-refractivity contribution in [3.8, 4) is 0 Å². The summed E-state index contributed by atoms with van der Waals surface area (Å²) in [6, 6.07) is 18.1. The molecule has 2 atom stereocenters. The highest BCUT2D eigenvalue weighted by molar-refractivity contribution is 5.85. The van der Waals surface area contributed by atoms with E-state index in [1.54, 1.807) is 0 Å². The Labute approximate surface area is 156 Å². The molecule has 2 N–H and O–H groups in total. The quantitative estimate of drug-likeness (QED) is 0.850. The Morgan fingerprint density at radius 1 is 1.04 bits per heavy atom. The van der Waals surface area contributed by atoms with E-state index in [2.05, 4.69) is 64.1 Å². The number of hydrogen-bond acceptors (Lipinski definition) is 3. The summed E-state index contributed by atoms with van der Waals surface area (Å²) in [4.78, 5) is 2.65. The fraction of sp³-hybridized carbons (Fsp3) is 0.368. The molecule has 0 spiro atoms. The zero-order chi connectivity index (χ0) is 14.9. The first-order valence-corrected chi connectivity index (χ1v) is 8.18. The van der Waals surface area contributed by atoms with Crippen LogP contribution < -0.4 is 10.6 Å². The smallest absolute Gasteiger partial charge is 0.0496 e. The number of rotatable bonds is 2. The fourth-order valence-electron chi connectivity index (χ4n) is 4.03. The number of nitrogens with zero attached hydrogens (tertiary/aromatic N) is 1. The van der Waals surface area contributed by atoms with E-state index in [4.69, 9.17) is 0 Å². The first-order valence-electron chi connectivity index (χ1n) is 8.18. The van der Waals surface area contributed by atoms with Gasteiger partial charge in [-0.1, -0.05) is 42.5 Å². The summed E-state index contributed by atoms with van der Waals surface area (Å²) in [6.07, 6.45) is 0. The Kier molecular flexibility index (Phi) is 6.53. The summed E-state index contributed by atoms with van der Waals surface area (Å²) in [6.45, 7) is 4.39. The van der Waals surface area contributed by atoms with E-state index in [9.17, 15) is 0 Å². The Hall–Kier alpha value is -1.26. The van der Waals surface area contributed by atoms with Gasteiger partial charge in [-0.25, -0.2) is 0 Å². The van der Waals surface area contributed by atoms with Crippen LogP contribution in [0.4, 0.5) is 5.69 Å². The van der Waals surface area contributed by atoms with Gasteiger partial charge in [0.1, 0.15) is 0 Å². The van der Waals surface area contributed by atoms with Gasteiger partial charge < -0.3 is 10.6 Å². The molecule has 0 amide bonds. The van der Waals surface area contributed by atoms with Crippen molar-refractivity contribution < 1.29 is 0 Å². The van der Waals surface area contributed by atoms with Crippen molar-refractivity contribution in [2.45, 2.75) is 12.0 Å². The molecule has 4 rings (SSSR count). The molecule has 1 saturated heterocycles. The molecule has 0 radical (unpaired) electrons. The average molecular weight is 366 g/mol. The van der Waals surface area contributed by atoms with Crippen molar-refractivity contribution in [3.05, 3.63) is 65.2 Å². The highest BCUT2D eigenvalue weighted by atomic mass is 35.5. The van der Waals surface area contributed by atoms with Crippen LogP contribution in [-0.2, 0) is 0 Å². The number of halogens is 2. The van der Waals surface area contributed by atoms with Crippen LogP contribution in [0.3, 0.4) is 0 Å². The molecule has 0 saturated carbocycles. The van der Waals surface area contributed by atoms with Gasteiger partial charge in [0, 0.05) is 50.9 Å². The molecule has 130 valence electrons. The highest BCUT2D eigenvalue weighted by Crippen LogP contribution is 2.42. The minimum Gasteiger partial charge on any atom is -0.388 e. The van der Waals surface area contributed by atoms with E-state index in [-0.39, 0.29) is 24.8 Å². The average Bonchev–Trinajstić information content (AvgIpc) is 2.61. The molecule has 2 heterocycles. The molecule has 5 heteroatoms. The van der Waals surface area contributed by atoms with Crippen LogP contribution in [0.5, 0.6) is 0 Å². The lowest BCUT2D eigenvalue weighted by atomic mass is 9.80. The summed E-state index contributed by atoms with van der Waals surface area (Å²) in [7, 11) is 2.03. The molecule has 0 unspecified atom stereocenters. The number of nitrogens with one attached hydrogen (secondary N) is 2. The van der Waals surface area contributed by atoms with E-state index < -0.39 is 0 Å². The summed E-state index contributed by atoms with van der Waals surface area (Å²) in [5, 5.41) is 6.97. The fourth-order valence-corrected chi connectivity index (χ4v) is 4.03. The molecule has 0 bridgehead atoms. The zero-order valence-corrected chi connectivity index (χ0v) is 15.5. The monoisotopic (exact) mass is 365 g/mol. The van der Waals surface area contributed by atoms with Crippen molar-refractivity contribution in [3.63, 3.8) is 0 Å². The summed E-state index contributed by atoms with van der Waals surface area (Å²) in [5.41, 5.74) is 5.67. The zero-order valence-electron chi connectivity index (χ0n) is 13.9. The first-order chi connectivity index (χ1) is 10.9. The molecular formula is C19H25Cl2N3. The van der Waals surface area contributed by atoms with Crippen LogP contribution in [0.15, 0.2) is 48.5 Å². The van der Waals surface area contributed by atoms with E-state index >= 15 is 0 Å². The first kappa shape index (κ1) is 19.1. The van der Waals surface area contributed by atoms with Gasteiger partial charge in [0.05, 0.1) is 0 Å². The Morgan fingerprint density at radius 2 is 1.83 bits per heavy atom. The third-order valence-electron chi connectivity index (χ3n) is 5.09. The molecule has 2 aliphatic rings. The van der Waals surface area contributed by atoms with E-state index in [1.165, 1.54) is 22.4 Å². The second kappa shape index (κ2) is 8.21. The van der Waals surface area contributed by atoms with Gasteiger partial charge in [0.15, 0.2) is 0 Å². The summed E-state index contributed by atoms with van der Waals surface area (Å²) >= 11 is 0. The second-order valence-corrected chi connectivity index (χ2v) is 6.24. The van der Waals surface area contributed by atoms with Gasteiger partial charge in [0.2, 0.25) is 0 Å². The molecule has 2 aromatic carbocycles. The molecule has 2 aliphatic heterocycles. The number of anilines is 1. The summed E-state index contributed by atoms with van der Waals surface area (Å²) < 4.78 is 0. The molecule has 24 heavy (non-hydrogen) atoms. The number of hydrogen-bond donors (Lipinski definition) is 2. The highest BCUT2D eigenvalue weighted by Gasteiger charge is 2.36. The number of piperazine rings is 1. The maximum Gasteiger partial charge on any atom is 0.0496 e. The third-order valence-corrected chi connectivity index (χ3v) is 5.09. The van der Waals surface area contributed by atoms with Gasteiger partial charge in [-0.05, 0) is 22.8 Å². The maximum atomic E-state index is 3.56. The Balaban J connectivity index is 0.00000104. The van der Waals surface area contributed by atoms with E-state index in [0.29, 0.717) is 12.0 Å². The number of benzene rings is 2. The van der Waals surface area contributed by atoms with Crippen LogP contribution in [0.2, 0.25) is 0 Å². The van der Waals surface area contributed by atoms with Gasteiger partial charge >= 0.3 is 0 Å². The number of fused-ring (bicyclic) bond motifs is 3. The van der Waals surface area contributed by atoms with Gasteiger partial charge in [-0.2, -0.15) is 0 Å². The molecule has 0 aliphatic carbocycles. The van der Waals surface area contributed by atoms with Crippen LogP contribution >= 0.6 is 24.8 Å². The van der Waals surface area contributed by atoms with Crippen LogP contribution in [0.1, 0.15) is 28.7 Å². The third kappa shape index (κ3) is 3.27. The maximum absolute atomic E-state index is 3.56. The molecule has 1 fully saturated rings. The lowest BCUT2D eigenvalue weighted by Crippen LogP contribution is -2.50. The van der Waals surface area contributed by atoms with Gasteiger partial charge in [-0.3, -0.25) is 4.90 Å². The predicted molar refractivity (Wildman–Crippen MR) is 106 cm³/mol. The predicted octanol–water partition coefficient (Wildman–Crippen LogP) is 3.66. The molecule has 2 aromatic rings. The van der Waals surface area contributed by atoms with Gasteiger partial charge in [0.25, 0.3) is 0 Å². The molecule has 0 aromatic heterocycles. The summed E-state index contributed by atoms with van der Waals surface area (Å²) in [5.74, 6) is 0.471. The Bertz CT molecular complexity index is 663. The van der Waals surface area contributed by atoms with Crippen molar-refractivity contribution in [2.24, 2.45) is 0 Å². The van der Waals surface area contributed by atoms with E-state index in [1.807, 2.05) is 7.05 Å². The van der Waals surface area contributed by atoms with Gasteiger partial charge in [-0.15, -0.1) is 24.8 Å². The minimum atomic E-state index is 0. The van der Waals surface area contributed by atoms with Crippen molar-refractivity contribution >= 4 is 30.5 Å². The normalized spacial score (nSPS) is 22.4.